The molecule has 2 heterocycles. The van der Waals surface area contributed by atoms with Crippen LogP contribution in [0.3, 0.4) is 0 Å². The summed E-state index contributed by atoms with van der Waals surface area (Å²) in [4.78, 5) is 11.2. The van der Waals surface area contributed by atoms with Gasteiger partial charge in [-0.25, -0.2) is 9.97 Å². The van der Waals surface area contributed by atoms with Gasteiger partial charge in [0.25, 0.3) is 0 Å². The molecule has 0 saturated carbocycles. The van der Waals surface area contributed by atoms with E-state index in [0.717, 1.165) is 44.1 Å². The molecule has 4 nitrogen and oxygen atoms in total. The third-order valence-corrected chi connectivity index (χ3v) is 3.45. The van der Waals surface area contributed by atoms with Crippen LogP contribution < -0.4 is 4.90 Å². The molecule has 1 fully saturated rings. The number of nitrogens with zero attached hydrogens (tertiary/aromatic N) is 3. The van der Waals surface area contributed by atoms with Crippen molar-refractivity contribution in [2.24, 2.45) is 0 Å². The molecule has 0 N–H and O–H groups in total. The van der Waals surface area contributed by atoms with Crippen LogP contribution in [0.4, 0.5) is 5.82 Å². The Balaban J connectivity index is 1.94. The van der Waals surface area contributed by atoms with E-state index in [1.54, 1.807) is 0 Å². The first kappa shape index (κ1) is 13.3. The summed E-state index contributed by atoms with van der Waals surface area (Å²) in [6.07, 6.45) is 1.00. The molecule has 1 saturated heterocycles. The second kappa shape index (κ2) is 6.20. The minimum Gasteiger partial charge on any atom is -0.380 e. The van der Waals surface area contributed by atoms with E-state index >= 15 is 0 Å². The fourth-order valence-corrected chi connectivity index (χ4v) is 2.44. The lowest BCUT2D eigenvalue weighted by molar-refractivity contribution is 0.152. The van der Waals surface area contributed by atoms with E-state index in [-0.39, 0.29) is 0 Å². The van der Waals surface area contributed by atoms with E-state index in [9.17, 15) is 0 Å². The van der Waals surface area contributed by atoms with E-state index in [0.29, 0.717) is 11.0 Å². The molecule has 2 aromatic rings. The quantitative estimate of drug-likeness (QED) is 0.797. The van der Waals surface area contributed by atoms with Crippen LogP contribution in [0.1, 0.15) is 6.42 Å². The summed E-state index contributed by atoms with van der Waals surface area (Å²) in [6, 6.07) is 11.7. The van der Waals surface area contributed by atoms with Crippen molar-refractivity contribution in [1.82, 2.24) is 9.97 Å². The molecule has 0 spiro atoms. The number of hydrogen-bond acceptors (Lipinski definition) is 4. The highest BCUT2D eigenvalue weighted by Crippen LogP contribution is 2.22. The largest absolute Gasteiger partial charge is 0.380 e. The van der Waals surface area contributed by atoms with Gasteiger partial charge in [-0.2, -0.15) is 0 Å². The van der Waals surface area contributed by atoms with Gasteiger partial charge in [0.1, 0.15) is 11.0 Å². The Morgan fingerprint density at radius 3 is 2.75 bits per heavy atom. The first-order chi connectivity index (χ1) is 9.83. The van der Waals surface area contributed by atoms with Crippen LogP contribution in [0.25, 0.3) is 11.4 Å². The molecule has 0 aliphatic carbocycles. The van der Waals surface area contributed by atoms with Crippen molar-refractivity contribution < 1.29 is 4.74 Å². The number of aromatic nitrogens is 2. The van der Waals surface area contributed by atoms with Gasteiger partial charge >= 0.3 is 0 Å². The lowest BCUT2D eigenvalue weighted by atomic mass is 10.2. The average molecular weight is 290 g/mol. The number of ether oxygens (including phenoxy) is 1. The van der Waals surface area contributed by atoms with Gasteiger partial charge in [0, 0.05) is 31.3 Å². The predicted octanol–water partition coefficient (Wildman–Crippen LogP) is 3.02. The lowest BCUT2D eigenvalue weighted by Crippen LogP contribution is -2.27. The maximum atomic E-state index is 6.15. The highest BCUT2D eigenvalue weighted by Gasteiger charge is 2.14. The number of benzene rings is 1. The van der Waals surface area contributed by atoms with Crippen molar-refractivity contribution in [3.05, 3.63) is 41.6 Å². The maximum Gasteiger partial charge on any atom is 0.163 e. The van der Waals surface area contributed by atoms with Crippen LogP contribution in [-0.4, -0.2) is 36.3 Å². The Morgan fingerprint density at radius 2 is 1.90 bits per heavy atom. The summed E-state index contributed by atoms with van der Waals surface area (Å²) in [7, 11) is 0. The second-order valence-corrected chi connectivity index (χ2v) is 5.08. The molecule has 0 radical (unpaired) electrons. The van der Waals surface area contributed by atoms with Gasteiger partial charge in [-0.05, 0) is 6.42 Å². The van der Waals surface area contributed by atoms with Gasteiger partial charge in [-0.15, -0.1) is 0 Å². The van der Waals surface area contributed by atoms with Gasteiger partial charge in [0.2, 0.25) is 0 Å². The molecule has 1 aromatic heterocycles. The number of halogens is 1. The number of hydrogen-bond donors (Lipinski definition) is 0. The first-order valence-electron chi connectivity index (χ1n) is 6.75. The van der Waals surface area contributed by atoms with Crippen molar-refractivity contribution in [2.75, 3.05) is 31.2 Å². The highest BCUT2D eigenvalue weighted by atomic mass is 35.5. The molecule has 1 aliphatic heterocycles. The zero-order chi connectivity index (χ0) is 13.8. The predicted molar refractivity (Wildman–Crippen MR) is 80.1 cm³/mol. The summed E-state index contributed by atoms with van der Waals surface area (Å²) in [6.45, 7) is 3.30. The Bertz CT molecular complexity index is 569. The Hall–Kier alpha value is -1.65. The Kier molecular flexibility index (Phi) is 4.14. The van der Waals surface area contributed by atoms with Crippen molar-refractivity contribution in [1.29, 1.82) is 0 Å². The molecule has 0 bridgehead atoms. The van der Waals surface area contributed by atoms with E-state index in [2.05, 4.69) is 14.9 Å². The van der Waals surface area contributed by atoms with Crippen molar-refractivity contribution >= 4 is 17.4 Å². The van der Waals surface area contributed by atoms with Crippen molar-refractivity contribution in [3.8, 4) is 11.4 Å². The standard InChI is InChI=1S/C15H16ClN3O/c16-13-11-14(19-7-4-9-20-10-8-19)18-15(17-13)12-5-2-1-3-6-12/h1-3,5-6,11H,4,7-10H2. The van der Waals surface area contributed by atoms with E-state index in [4.69, 9.17) is 16.3 Å². The average Bonchev–Trinajstić information content (AvgIpc) is 2.77. The van der Waals surface area contributed by atoms with Crippen LogP contribution in [0.2, 0.25) is 5.15 Å². The summed E-state index contributed by atoms with van der Waals surface area (Å²) in [5, 5.41) is 0.471. The topological polar surface area (TPSA) is 38.2 Å². The number of anilines is 1. The molecular formula is C15H16ClN3O. The van der Waals surface area contributed by atoms with Crippen molar-refractivity contribution in [2.45, 2.75) is 6.42 Å². The highest BCUT2D eigenvalue weighted by molar-refractivity contribution is 6.29. The number of rotatable bonds is 2. The molecule has 0 unspecified atom stereocenters. The lowest BCUT2D eigenvalue weighted by Gasteiger charge is -2.21. The third kappa shape index (κ3) is 3.08. The Morgan fingerprint density at radius 1 is 1.05 bits per heavy atom. The Labute approximate surface area is 123 Å². The van der Waals surface area contributed by atoms with E-state index < -0.39 is 0 Å². The molecule has 20 heavy (non-hydrogen) atoms. The summed E-state index contributed by atoms with van der Waals surface area (Å²) < 4.78 is 5.47. The minimum absolute atomic E-state index is 0.471. The second-order valence-electron chi connectivity index (χ2n) is 4.69. The normalized spacial score (nSPS) is 15.9. The summed E-state index contributed by atoms with van der Waals surface area (Å²) in [5.41, 5.74) is 0.974. The van der Waals surface area contributed by atoms with Gasteiger partial charge in [-0.1, -0.05) is 41.9 Å². The molecule has 0 amide bonds. The first-order valence-corrected chi connectivity index (χ1v) is 7.13. The van der Waals surface area contributed by atoms with Gasteiger partial charge in [-0.3, -0.25) is 0 Å². The van der Waals surface area contributed by atoms with E-state index in [1.165, 1.54) is 0 Å². The molecule has 5 heteroatoms. The van der Waals surface area contributed by atoms with Gasteiger partial charge < -0.3 is 9.64 Å². The zero-order valence-electron chi connectivity index (χ0n) is 11.1. The van der Waals surface area contributed by atoms with Gasteiger partial charge in [0.15, 0.2) is 5.82 Å². The fraction of sp³-hybridized carbons (Fsp3) is 0.333. The smallest absolute Gasteiger partial charge is 0.163 e. The monoisotopic (exact) mass is 289 g/mol. The van der Waals surface area contributed by atoms with E-state index in [1.807, 2.05) is 36.4 Å². The summed E-state index contributed by atoms with van der Waals surface area (Å²) in [5.74, 6) is 1.53. The van der Waals surface area contributed by atoms with Crippen LogP contribution in [0.15, 0.2) is 36.4 Å². The van der Waals surface area contributed by atoms with Gasteiger partial charge in [0.05, 0.1) is 6.61 Å². The van der Waals surface area contributed by atoms with Crippen LogP contribution in [-0.2, 0) is 4.74 Å². The van der Waals surface area contributed by atoms with Crippen LogP contribution >= 0.6 is 11.6 Å². The van der Waals surface area contributed by atoms with Crippen LogP contribution in [0, 0.1) is 0 Å². The molecular weight excluding hydrogens is 274 g/mol. The molecule has 1 aliphatic rings. The van der Waals surface area contributed by atoms with Crippen molar-refractivity contribution in [3.63, 3.8) is 0 Å². The maximum absolute atomic E-state index is 6.15. The zero-order valence-corrected chi connectivity index (χ0v) is 11.9. The molecule has 0 atom stereocenters. The minimum atomic E-state index is 0.471. The molecule has 1 aromatic carbocycles. The fourth-order valence-electron chi connectivity index (χ4n) is 2.26. The third-order valence-electron chi connectivity index (χ3n) is 3.26. The summed E-state index contributed by atoms with van der Waals surface area (Å²) >= 11 is 6.15. The SMILES string of the molecule is Clc1cc(N2CCCOCC2)nc(-c2ccccc2)n1. The van der Waals surface area contributed by atoms with Crippen LogP contribution in [0.5, 0.6) is 0 Å². The molecule has 3 rings (SSSR count). The molecule has 104 valence electrons.